The molecule has 15 heavy (non-hydrogen) atoms. The Balaban J connectivity index is 1.75. The molecule has 2 rings (SSSR count). The molecule has 1 saturated heterocycles. The molecule has 82 valence electrons. The normalized spacial score (nSPS) is 20.7. The lowest BCUT2D eigenvalue weighted by Crippen LogP contribution is -2.26. The van der Waals surface area contributed by atoms with E-state index in [1.807, 2.05) is 24.3 Å². The summed E-state index contributed by atoms with van der Waals surface area (Å²) in [5, 5.41) is 4.19. The van der Waals surface area contributed by atoms with Crippen LogP contribution in [-0.4, -0.2) is 19.2 Å². The van der Waals surface area contributed by atoms with Crippen LogP contribution in [0.1, 0.15) is 18.4 Å². The van der Waals surface area contributed by atoms with Crippen molar-refractivity contribution >= 4 is 11.6 Å². The van der Waals surface area contributed by atoms with Crippen LogP contribution in [0.2, 0.25) is 5.02 Å². The molecule has 1 heterocycles. The highest BCUT2D eigenvalue weighted by atomic mass is 35.5. The molecule has 1 aliphatic heterocycles. The molecule has 1 aliphatic rings. The molecule has 0 aromatic heterocycles. The molecule has 0 spiro atoms. The third kappa shape index (κ3) is 3.20. The van der Waals surface area contributed by atoms with E-state index in [4.69, 9.17) is 16.3 Å². The Bertz CT molecular complexity index is 310. The summed E-state index contributed by atoms with van der Waals surface area (Å²) in [5.41, 5.74) is 1.07. The van der Waals surface area contributed by atoms with Crippen molar-refractivity contribution in [2.75, 3.05) is 13.2 Å². The molecular formula is C12H16ClNO. The first-order valence-electron chi connectivity index (χ1n) is 5.41. The third-order valence-corrected chi connectivity index (χ3v) is 3.07. The van der Waals surface area contributed by atoms with E-state index in [2.05, 4.69) is 5.32 Å². The minimum Gasteiger partial charge on any atom is -0.375 e. The van der Waals surface area contributed by atoms with Crippen LogP contribution in [-0.2, 0) is 11.3 Å². The number of hydrogen-bond donors (Lipinski definition) is 1. The average molecular weight is 226 g/mol. The number of nitrogens with one attached hydrogen (secondary N) is 1. The van der Waals surface area contributed by atoms with Crippen molar-refractivity contribution in [1.29, 1.82) is 0 Å². The topological polar surface area (TPSA) is 21.3 Å². The monoisotopic (exact) mass is 225 g/mol. The first-order valence-corrected chi connectivity index (χ1v) is 5.78. The maximum absolute atomic E-state index is 6.02. The van der Waals surface area contributed by atoms with Gasteiger partial charge in [0.25, 0.3) is 0 Å². The Hall–Kier alpha value is -0.570. The van der Waals surface area contributed by atoms with Crippen LogP contribution >= 0.6 is 11.6 Å². The van der Waals surface area contributed by atoms with E-state index in [0.717, 1.165) is 23.7 Å². The zero-order valence-electron chi connectivity index (χ0n) is 8.71. The van der Waals surface area contributed by atoms with Gasteiger partial charge in [0.1, 0.15) is 0 Å². The van der Waals surface area contributed by atoms with E-state index in [1.165, 1.54) is 12.8 Å². The van der Waals surface area contributed by atoms with Gasteiger partial charge in [0.05, 0.1) is 13.2 Å². The van der Waals surface area contributed by atoms with Crippen LogP contribution in [0.5, 0.6) is 0 Å². The summed E-state index contributed by atoms with van der Waals surface area (Å²) in [7, 11) is 0. The van der Waals surface area contributed by atoms with Crippen molar-refractivity contribution in [3.05, 3.63) is 34.9 Å². The zero-order chi connectivity index (χ0) is 10.5. The fourth-order valence-corrected chi connectivity index (χ4v) is 2.02. The second kappa shape index (κ2) is 5.50. The Kier molecular flexibility index (Phi) is 4.01. The fraction of sp³-hybridized carbons (Fsp3) is 0.500. The number of hydrogen-bond acceptors (Lipinski definition) is 2. The maximum Gasteiger partial charge on any atom is 0.0732 e. The first-order chi connectivity index (χ1) is 7.36. The minimum atomic E-state index is 0.535. The Morgan fingerprint density at radius 1 is 1.40 bits per heavy atom. The molecular weight excluding hydrogens is 210 g/mol. The molecule has 0 amide bonds. The summed E-state index contributed by atoms with van der Waals surface area (Å²) in [5.74, 6) is 0. The second-order valence-electron chi connectivity index (χ2n) is 3.90. The van der Waals surface area contributed by atoms with Crippen LogP contribution in [0, 0.1) is 0 Å². The van der Waals surface area contributed by atoms with Gasteiger partial charge in [-0.2, -0.15) is 0 Å². The number of benzene rings is 1. The van der Waals surface area contributed by atoms with Crippen molar-refractivity contribution < 1.29 is 4.74 Å². The van der Waals surface area contributed by atoms with Gasteiger partial charge in [0.2, 0.25) is 0 Å². The Morgan fingerprint density at radius 3 is 3.00 bits per heavy atom. The predicted octanol–water partition coefficient (Wildman–Crippen LogP) is 2.61. The summed E-state index contributed by atoms with van der Waals surface area (Å²) in [6.45, 7) is 2.52. The lowest BCUT2D eigenvalue weighted by atomic mass is 10.2. The van der Waals surface area contributed by atoms with Gasteiger partial charge < -0.3 is 10.1 Å². The molecule has 0 bridgehead atoms. The van der Waals surface area contributed by atoms with Gasteiger partial charge >= 0.3 is 0 Å². The molecule has 0 saturated carbocycles. The highest BCUT2D eigenvalue weighted by Gasteiger charge is 2.13. The molecule has 1 unspecified atom stereocenters. The third-order valence-electron chi connectivity index (χ3n) is 2.70. The lowest BCUT2D eigenvalue weighted by Gasteiger charge is -2.11. The lowest BCUT2D eigenvalue weighted by molar-refractivity contribution is 0.103. The van der Waals surface area contributed by atoms with Crippen LogP contribution < -0.4 is 5.32 Å². The van der Waals surface area contributed by atoms with E-state index >= 15 is 0 Å². The van der Waals surface area contributed by atoms with Crippen LogP contribution in [0.3, 0.4) is 0 Å². The van der Waals surface area contributed by atoms with Gasteiger partial charge in [-0.15, -0.1) is 0 Å². The molecule has 1 aromatic carbocycles. The van der Waals surface area contributed by atoms with Crippen molar-refractivity contribution in [2.24, 2.45) is 0 Å². The number of rotatable bonds is 4. The van der Waals surface area contributed by atoms with E-state index < -0.39 is 0 Å². The molecule has 0 radical (unpaired) electrons. The highest BCUT2D eigenvalue weighted by Crippen LogP contribution is 2.16. The molecule has 1 aromatic rings. The van der Waals surface area contributed by atoms with Gasteiger partial charge in [-0.3, -0.25) is 0 Å². The van der Waals surface area contributed by atoms with E-state index in [1.54, 1.807) is 0 Å². The summed E-state index contributed by atoms with van der Waals surface area (Å²) in [6.07, 6.45) is 2.49. The van der Waals surface area contributed by atoms with E-state index in [0.29, 0.717) is 12.6 Å². The standard InChI is InChI=1S/C12H16ClNO/c13-12-6-2-1-4-10(12)8-15-9-11-5-3-7-14-11/h1-2,4,6,11,14H,3,5,7-9H2. The summed E-state index contributed by atoms with van der Waals surface area (Å²) in [6, 6.07) is 8.36. The summed E-state index contributed by atoms with van der Waals surface area (Å²) in [4.78, 5) is 0. The van der Waals surface area contributed by atoms with E-state index in [-0.39, 0.29) is 0 Å². The number of halogens is 1. The van der Waals surface area contributed by atoms with Gasteiger partial charge in [-0.25, -0.2) is 0 Å². The van der Waals surface area contributed by atoms with Crippen molar-refractivity contribution in [3.8, 4) is 0 Å². The van der Waals surface area contributed by atoms with Crippen LogP contribution in [0.15, 0.2) is 24.3 Å². The molecule has 1 atom stereocenters. The van der Waals surface area contributed by atoms with Crippen molar-refractivity contribution in [2.45, 2.75) is 25.5 Å². The zero-order valence-corrected chi connectivity index (χ0v) is 9.46. The minimum absolute atomic E-state index is 0.535. The van der Waals surface area contributed by atoms with Crippen molar-refractivity contribution in [3.63, 3.8) is 0 Å². The summed E-state index contributed by atoms with van der Waals surface area (Å²) < 4.78 is 5.64. The molecule has 2 nitrogen and oxygen atoms in total. The van der Waals surface area contributed by atoms with Gasteiger partial charge in [0, 0.05) is 11.1 Å². The Labute approximate surface area is 95.6 Å². The van der Waals surface area contributed by atoms with Gasteiger partial charge in [-0.05, 0) is 31.0 Å². The molecule has 1 N–H and O–H groups in total. The molecule has 3 heteroatoms. The SMILES string of the molecule is Clc1ccccc1COCC1CCCN1. The number of ether oxygens (including phenoxy) is 1. The molecule has 0 aliphatic carbocycles. The quantitative estimate of drug-likeness (QED) is 0.851. The van der Waals surface area contributed by atoms with E-state index in [9.17, 15) is 0 Å². The van der Waals surface area contributed by atoms with Crippen molar-refractivity contribution in [1.82, 2.24) is 5.32 Å². The second-order valence-corrected chi connectivity index (χ2v) is 4.31. The average Bonchev–Trinajstić information content (AvgIpc) is 2.74. The highest BCUT2D eigenvalue weighted by molar-refractivity contribution is 6.31. The maximum atomic E-state index is 6.02. The fourth-order valence-electron chi connectivity index (χ4n) is 1.83. The smallest absolute Gasteiger partial charge is 0.0732 e. The van der Waals surface area contributed by atoms with Crippen LogP contribution in [0.4, 0.5) is 0 Å². The first kappa shape index (κ1) is 10.9. The Morgan fingerprint density at radius 2 is 2.27 bits per heavy atom. The largest absolute Gasteiger partial charge is 0.375 e. The van der Waals surface area contributed by atoms with Crippen LogP contribution in [0.25, 0.3) is 0 Å². The van der Waals surface area contributed by atoms with Gasteiger partial charge in [0.15, 0.2) is 0 Å². The molecule has 1 fully saturated rings. The summed E-state index contributed by atoms with van der Waals surface area (Å²) >= 11 is 6.02. The predicted molar refractivity (Wildman–Crippen MR) is 62.1 cm³/mol. The van der Waals surface area contributed by atoms with Gasteiger partial charge in [-0.1, -0.05) is 29.8 Å².